The molecule has 1 N–H and O–H groups in total. The zero-order valence-electron chi connectivity index (χ0n) is 12.3. The molecule has 1 unspecified atom stereocenters. The first-order chi connectivity index (χ1) is 10.1. The summed E-state index contributed by atoms with van der Waals surface area (Å²) in [7, 11) is 0. The van der Waals surface area contributed by atoms with Crippen LogP contribution in [0, 0.1) is 10.1 Å². The normalized spacial score (nSPS) is 18.5. The van der Waals surface area contributed by atoms with Gasteiger partial charge in [-0.3, -0.25) is 10.1 Å². The first kappa shape index (κ1) is 16.2. The van der Waals surface area contributed by atoms with Crippen LogP contribution in [0.4, 0.5) is 11.4 Å². The lowest BCUT2D eigenvalue weighted by atomic mass is 10.0. The van der Waals surface area contributed by atoms with E-state index in [1.807, 2.05) is 6.07 Å². The number of halogens is 1. The quantitative estimate of drug-likeness (QED) is 0.624. The molecule has 6 heteroatoms. The molecule has 0 saturated carbocycles. The second kappa shape index (κ2) is 7.75. The van der Waals surface area contributed by atoms with E-state index in [0.717, 1.165) is 36.9 Å². The van der Waals surface area contributed by atoms with Crippen molar-refractivity contribution in [2.45, 2.75) is 38.6 Å². The highest BCUT2D eigenvalue weighted by molar-refractivity contribution is 9.10. The molecule has 1 atom stereocenters. The van der Waals surface area contributed by atoms with Crippen molar-refractivity contribution in [2.24, 2.45) is 0 Å². The van der Waals surface area contributed by atoms with Crippen molar-refractivity contribution >= 4 is 27.3 Å². The zero-order chi connectivity index (χ0) is 15.2. The fraction of sp³-hybridized carbons (Fsp3) is 0.600. The summed E-state index contributed by atoms with van der Waals surface area (Å²) in [6.07, 6.45) is 4.57. The molecule has 1 aliphatic rings. The van der Waals surface area contributed by atoms with Gasteiger partial charge in [-0.05, 0) is 37.9 Å². The van der Waals surface area contributed by atoms with Crippen molar-refractivity contribution in [3.8, 4) is 0 Å². The van der Waals surface area contributed by atoms with Gasteiger partial charge in [0.1, 0.15) is 5.69 Å². The molecule has 0 aliphatic carbocycles. The largest absolute Gasteiger partial charge is 0.364 e. The second-order valence-electron chi connectivity index (χ2n) is 5.48. The van der Waals surface area contributed by atoms with Gasteiger partial charge in [0.05, 0.1) is 4.92 Å². The third-order valence-corrected chi connectivity index (χ3v) is 4.31. The number of hydrogen-bond donors (Lipinski definition) is 1. The molecule has 5 nitrogen and oxygen atoms in total. The average molecular weight is 356 g/mol. The van der Waals surface area contributed by atoms with Gasteiger partial charge >= 0.3 is 0 Å². The summed E-state index contributed by atoms with van der Waals surface area (Å²) >= 11 is 3.43. The molecule has 1 aromatic carbocycles. The molecule has 0 spiro atoms. The number of anilines is 1. The van der Waals surface area contributed by atoms with E-state index in [0.29, 0.717) is 11.7 Å². The van der Waals surface area contributed by atoms with E-state index >= 15 is 0 Å². The molecule has 1 saturated heterocycles. The number of rotatable bonds is 6. The Kier molecular flexibility index (Phi) is 5.99. The van der Waals surface area contributed by atoms with Crippen LogP contribution in [-0.2, 0) is 0 Å². The number of hydrogen-bond acceptors (Lipinski definition) is 4. The van der Waals surface area contributed by atoms with E-state index in [-0.39, 0.29) is 10.6 Å². The SMILES string of the molecule is CCCN(CC1CCCCN1)c1cc(Br)ccc1[N+](=O)[O-]. The standard InChI is InChI=1S/C15H22BrN3O2/c1-2-9-18(11-13-5-3-4-8-17-13)15-10-12(16)6-7-14(15)19(20)21/h6-7,10,13,17H,2-5,8-9,11H2,1H3. The van der Waals surface area contributed by atoms with Crippen molar-refractivity contribution < 1.29 is 4.92 Å². The molecule has 0 radical (unpaired) electrons. The summed E-state index contributed by atoms with van der Waals surface area (Å²) in [4.78, 5) is 13.1. The maximum absolute atomic E-state index is 11.3. The maximum atomic E-state index is 11.3. The van der Waals surface area contributed by atoms with Crippen molar-refractivity contribution in [1.29, 1.82) is 0 Å². The molecule has 0 amide bonds. The fourth-order valence-electron chi connectivity index (χ4n) is 2.83. The second-order valence-corrected chi connectivity index (χ2v) is 6.40. The topological polar surface area (TPSA) is 58.4 Å². The molecule has 2 rings (SSSR count). The van der Waals surface area contributed by atoms with Gasteiger partial charge < -0.3 is 10.2 Å². The molecule has 1 heterocycles. The summed E-state index contributed by atoms with van der Waals surface area (Å²) in [5.74, 6) is 0. The number of piperidine rings is 1. The Balaban J connectivity index is 2.23. The van der Waals surface area contributed by atoms with Gasteiger partial charge in [-0.1, -0.05) is 29.3 Å². The summed E-state index contributed by atoms with van der Waals surface area (Å²) < 4.78 is 0.876. The minimum Gasteiger partial charge on any atom is -0.364 e. The fourth-order valence-corrected chi connectivity index (χ4v) is 3.18. The van der Waals surface area contributed by atoms with Crippen molar-refractivity contribution in [3.05, 3.63) is 32.8 Å². The summed E-state index contributed by atoms with van der Waals surface area (Å²) in [5, 5.41) is 14.8. The number of nitro benzene ring substituents is 1. The van der Waals surface area contributed by atoms with Crippen LogP contribution in [0.5, 0.6) is 0 Å². The molecule has 0 bridgehead atoms. The van der Waals surface area contributed by atoms with Crippen LogP contribution in [-0.4, -0.2) is 30.6 Å². The molecule has 1 aromatic rings. The van der Waals surface area contributed by atoms with Crippen LogP contribution < -0.4 is 10.2 Å². The van der Waals surface area contributed by atoms with Crippen LogP contribution in [0.2, 0.25) is 0 Å². The third kappa shape index (κ3) is 4.41. The van der Waals surface area contributed by atoms with Gasteiger partial charge in [0, 0.05) is 29.7 Å². The number of nitrogens with zero attached hydrogens (tertiary/aromatic N) is 2. The van der Waals surface area contributed by atoms with Crippen molar-refractivity contribution in [1.82, 2.24) is 5.32 Å². The Morgan fingerprint density at radius 3 is 2.90 bits per heavy atom. The van der Waals surface area contributed by atoms with E-state index < -0.39 is 0 Å². The molecule has 116 valence electrons. The molecule has 1 fully saturated rings. The molecule has 0 aromatic heterocycles. The number of nitrogens with one attached hydrogen (secondary N) is 1. The van der Waals surface area contributed by atoms with Crippen molar-refractivity contribution in [3.63, 3.8) is 0 Å². The van der Waals surface area contributed by atoms with Gasteiger partial charge in [0.15, 0.2) is 0 Å². The predicted molar refractivity (Wildman–Crippen MR) is 88.9 cm³/mol. The summed E-state index contributed by atoms with van der Waals surface area (Å²) in [6.45, 7) is 4.80. The minimum atomic E-state index is -0.293. The average Bonchev–Trinajstić information content (AvgIpc) is 2.47. The summed E-state index contributed by atoms with van der Waals surface area (Å²) in [5.41, 5.74) is 0.894. The Morgan fingerprint density at radius 2 is 2.29 bits per heavy atom. The first-order valence-corrected chi connectivity index (χ1v) is 8.33. The number of benzene rings is 1. The molecular formula is C15H22BrN3O2. The Bertz CT molecular complexity index is 490. The lowest BCUT2D eigenvalue weighted by Gasteiger charge is -2.31. The van der Waals surface area contributed by atoms with Crippen LogP contribution in [0.3, 0.4) is 0 Å². The Morgan fingerprint density at radius 1 is 1.48 bits per heavy atom. The van der Waals surface area contributed by atoms with Crippen molar-refractivity contribution in [2.75, 3.05) is 24.5 Å². The monoisotopic (exact) mass is 355 g/mol. The van der Waals surface area contributed by atoms with E-state index in [4.69, 9.17) is 0 Å². The van der Waals surface area contributed by atoms with Gasteiger partial charge in [-0.15, -0.1) is 0 Å². The number of nitro groups is 1. The zero-order valence-corrected chi connectivity index (χ0v) is 13.9. The molecule has 1 aliphatic heterocycles. The Hall–Kier alpha value is -1.14. The lowest BCUT2D eigenvalue weighted by molar-refractivity contribution is -0.384. The van der Waals surface area contributed by atoms with Gasteiger partial charge in [0.25, 0.3) is 5.69 Å². The molecular weight excluding hydrogens is 334 g/mol. The van der Waals surface area contributed by atoms with Crippen LogP contribution >= 0.6 is 15.9 Å². The van der Waals surface area contributed by atoms with Crippen LogP contribution in [0.25, 0.3) is 0 Å². The van der Waals surface area contributed by atoms with Gasteiger partial charge in [0.2, 0.25) is 0 Å². The first-order valence-electron chi connectivity index (χ1n) is 7.54. The highest BCUT2D eigenvalue weighted by atomic mass is 79.9. The highest BCUT2D eigenvalue weighted by Crippen LogP contribution is 2.32. The van der Waals surface area contributed by atoms with E-state index in [9.17, 15) is 10.1 Å². The smallest absolute Gasteiger partial charge is 0.292 e. The molecule has 21 heavy (non-hydrogen) atoms. The minimum absolute atomic E-state index is 0.183. The van der Waals surface area contributed by atoms with Crippen LogP contribution in [0.15, 0.2) is 22.7 Å². The Labute approximate surface area is 134 Å². The summed E-state index contributed by atoms with van der Waals surface area (Å²) in [6, 6.07) is 5.58. The van der Waals surface area contributed by atoms with E-state index in [2.05, 4.69) is 33.1 Å². The van der Waals surface area contributed by atoms with Gasteiger partial charge in [-0.2, -0.15) is 0 Å². The third-order valence-electron chi connectivity index (χ3n) is 3.82. The maximum Gasteiger partial charge on any atom is 0.292 e. The highest BCUT2D eigenvalue weighted by Gasteiger charge is 2.23. The van der Waals surface area contributed by atoms with Crippen LogP contribution in [0.1, 0.15) is 32.6 Å². The van der Waals surface area contributed by atoms with E-state index in [1.54, 1.807) is 12.1 Å². The lowest BCUT2D eigenvalue weighted by Crippen LogP contribution is -2.44. The van der Waals surface area contributed by atoms with Gasteiger partial charge in [-0.25, -0.2) is 0 Å². The predicted octanol–water partition coefficient (Wildman–Crippen LogP) is 3.72. The van der Waals surface area contributed by atoms with E-state index in [1.165, 1.54) is 12.8 Å².